The van der Waals surface area contributed by atoms with Crippen molar-refractivity contribution < 1.29 is 13.2 Å². The smallest absolute Gasteiger partial charge is 0.281 e. The van der Waals surface area contributed by atoms with Crippen LogP contribution >= 0.6 is 0 Å². The van der Waals surface area contributed by atoms with Gasteiger partial charge in [0, 0.05) is 20.0 Å². The molecule has 0 amide bonds. The molecular weight excluding hydrogens is 143 g/mol. The van der Waals surface area contributed by atoms with E-state index in [9.17, 15) is 13.2 Å². The number of nitrogens with zero attached hydrogens (tertiary/aromatic N) is 1. The van der Waals surface area contributed by atoms with Crippen molar-refractivity contribution in [2.75, 3.05) is 20.1 Å². The molecule has 1 rings (SSSR count). The molecule has 0 bridgehead atoms. The number of alkyl halides is 3. The Hall–Kier alpha value is -0.250. The zero-order valence-electron chi connectivity index (χ0n) is 6.00. The van der Waals surface area contributed by atoms with E-state index in [0.717, 1.165) is 0 Å². The van der Waals surface area contributed by atoms with Gasteiger partial charge in [-0.1, -0.05) is 0 Å². The van der Waals surface area contributed by atoms with Crippen LogP contribution in [0.25, 0.3) is 0 Å². The lowest BCUT2D eigenvalue weighted by molar-refractivity contribution is -0.184. The molecule has 0 unspecified atom stereocenters. The molecule has 1 heterocycles. The summed E-state index contributed by atoms with van der Waals surface area (Å²) in [7, 11) is 1.61. The second-order valence-electron chi connectivity index (χ2n) is 3.03. The van der Waals surface area contributed by atoms with Gasteiger partial charge in [0.1, 0.15) is 0 Å². The lowest BCUT2D eigenvalue weighted by Gasteiger charge is -2.45. The van der Waals surface area contributed by atoms with Crippen LogP contribution in [0.4, 0.5) is 13.2 Å². The van der Waals surface area contributed by atoms with Crippen molar-refractivity contribution in [2.45, 2.75) is 18.5 Å². The normalized spacial score (nSPS) is 26.1. The van der Waals surface area contributed by atoms with Gasteiger partial charge in [0.2, 0.25) is 0 Å². The minimum atomic E-state index is -3.19. The molecule has 60 valence electrons. The topological polar surface area (TPSA) is 3.24 Å². The molecule has 0 aromatic heterocycles. The van der Waals surface area contributed by atoms with Gasteiger partial charge in [-0.3, -0.25) is 4.90 Å². The van der Waals surface area contributed by atoms with E-state index < -0.39 is 11.6 Å². The van der Waals surface area contributed by atoms with E-state index in [4.69, 9.17) is 0 Å². The summed E-state index contributed by atoms with van der Waals surface area (Å²) in [6.07, 6.45) is 0. The van der Waals surface area contributed by atoms with Gasteiger partial charge in [-0.25, -0.2) is 13.2 Å². The molecule has 0 atom stereocenters. The molecule has 0 aromatic rings. The van der Waals surface area contributed by atoms with Gasteiger partial charge in [-0.2, -0.15) is 0 Å². The van der Waals surface area contributed by atoms with Crippen molar-refractivity contribution in [3.63, 3.8) is 0 Å². The molecule has 1 fully saturated rings. The maximum absolute atomic E-state index is 12.9. The first-order valence-electron chi connectivity index (χ1n) is 3.10. The lowest BCUT2D eigenvalue weighted by atomic mass is 9.91. The molecule has 10 heavy (non-hydrogen) atoms. The Morgan fingerprint density at radius 1 is 1.40 bits per heavy atom. The first kappa shape index (κ1) is 7.85. The van der Waals surface area contributed by atoms with Crippen LogP contribution in [0.3, 0.4) is 0 Å². The summed E-state index contributed by atoms with van der Waals surface area (Å²) in [6.45, 7) is 0.312. The third-order valence-corrected chi connectivity index (χ3v) is 1.83. The highest BCUT2D eigenvalue weighted by atomic mass is 19.3. The van der Waals surface area contributed by atoms with Crippen LogP contribution in [-0.2, 0) is 0 Å². The van der Waals surface area contributed by atoms with E-state index >= 15 is 0 Å². The molecule has 0 aromatic carbocycles. The summed E-state index contributed by atoms with van der Waals surface area (Å²) < 4.78 is 37.5. The summed E-state index contributed by atoms with van der Waals surface area (Å²) in [5.74, 6) is -3.19. The van der Waals surface area contributed by atoms with E-state index in [1.54, 1.807) is 7.05 Å². The van der Waals surface area contributed by atoms with E-state index in [1.807, 2.05) is 0 Å². The lowest BCUT2D eigenvalue weighted by Crippen LogP contribution is -2.65. The fourth-order valence-electron chi connectivity index (χ4n) is 1.09. The first-order chi connectivity index (χ1) is 4.35. The molecule has 0 N–H and O–H groups in total. The molecule has 0 radical (unpaired) electrons. The largest absolute Gasteiger partial charge is 0.299 e. The Labute approximate surface area is 57.8 Å². The van der Waals surface area contributed by atoms with Crippen LogP contribution < -0.4 is 0 Å². The number of hydrogen-bond donors (Lipinski definition) is 0. The van der Waals surface area contributed by atoms with Gasteiger partial charge in [-0.15, -0.1) is 0 Å². The number of rotatable bonds is 1. The second kappa shape index (κ2) is 1.87. The van der Waals surface area contributed by atoms with E-state index in [0.29, 0.717) is 6.92 Å². The molecule has 0 aliphatic carbocycles. The fourth-order valence-corrected chi connectivity index (χ4v) is 1.09. The molecule has 0 saturated carbocycles. The van der Waals surface area contributed by atoms with Crippen molar-refractivity contribution >= 4 is 0 Å². The average Bonchev–Trinajstić information content (AvgIpc) is 1.58. The maximum atomic E-state index is 12.9. The Balaban J connectivity index is 2.57. The van der Waals surface area contributed by atoms with Crippen molar-refractivity contribution in [3.05, 3.63) is 0 Å². The quantitative estimate of drug-likeness (QED) is 0.548. The van der Waals surface area contributed by atoms with Gasteiger partial charge in [-0.05, 0) is 7.05 Å². The first-order valence-corrected chi connectivity index (χ1v) is 3.10. The van der Waals surface area contributed by atoms with Crippen molar-refractivity contribution in [2.24, 2.45) is 0 Å². The Kier molecular flexibility index (Phi) is 1.47. The van der Waals surface area contributed by atoms with Gasteiger partial charge >= 0.3 is 0 Å². The van der Waals surface area contributed by atoms with Crippen LogP contribution in [0.1, 0.15) is 6.92 Å². The van der Waals surface area contributed by atoms with Crippen LogP contribution in [0.15, 0.2) is 0 Å². The van der Waals surface area contributed by atoms with Crippen LogP contribution in [0.5, 0.6) is 0 Å². The summed E-state index contributed by atoms with van der Waals surface area (Å²) in [4.78, 5) is 1.53. The van der Waals surface area contributed by atoms with Gasteiger partial charge in [0.25, 0.3) is 5.92 Å². The third-order valence-electron chi connectivity index (χ3n) is 1.83. The molecule has 1 saturated heterocycles. The Morgan fingerprint density at radius 2 is 1.80 bits per heavy atom. The summed E-state index contributed by atoms with van der Waals surface area (Å²) in [6, 6.07) is 0. The highest BCUT2D eigenvalue weighted by Crippen LogP contribution is 2.38. The average molecular weight is 153 g/mol. The van der Waals surface area contributed by atoms with E-state index in [1.165, 1.54) is 4.90 Å². The minimum Gasteiger partial charge on any atom is -0.299 e. The van der Waals surface area contributed by atoms with Crippen molar-refractivity contribution in [1.29, 1.82) is 0 Å². The predicted molar refractivity (Wildman–Crippen MR) is 32.0 cm³/mol. The number of halogens is 3. The highest BCUT2D eigenvalue weighted by molar-refractivity contribution is 5.02. The molecule has 1 aliphatic rings. The van der Waals surface area contributed by atoms with Crippen LogP contribution in [0, 0.1) is 0 Å². The third kappa shape index (κ3) is 1.00. The molecule has 1 aliphatic heterocycles. The highest BCUT2D eigenvalue weighted by Gasteiger charge is 2.57. The van der Waals surface area contributed by atoms with Gasteiger partial charge in [0.15, 0.2) is 5.67 Å². The number of hydrogen-bond acceptors (Lipinski definition) is 1. The summed E-state index contributed by atoms with van der Waals surface area (Å²) in [5.41, 5.74) is -2.28. The Morgan fingerprint density at radius 3 is 1.90 bits per heavy atom. The summed E-state index contributed by atoms with van der Waals surface area (Å²) in [5, 5.41) is 0. The standard InChI is InChI=1S/C6H10F3N/c1-5(7,8)6(9)3-10(2)4-6/h3-4H2,1-2H3. The Bertz CT molecular complexity index is 134. The van der Waals surface area contributed by atoms with Crippen LogP contribution in [-0.4, -0.2) is 36.6 Å². The molecule has 4 heteroatoms. The van der Waals surface area contributed by atoms with Crippen molar-refractivity contribution in [1.82, 2.24) is 4.90 Å². The zero-order valence-corrected chi connectivity index (χ0v) is 6.00. The zero-order chi connectivity index (χ0) is 7.99. The van der Waals surface area contributed by atoms with Gasteiger partial charge in [0.05, 0.1) is 0 Å². The fraction of sp³-hybridized carbons (Fsp3) is 1.00. The predicted octanol–water partition coefficient (Wildman–Crippen LogP) is 1.30. The SMILES string of the molecule is CN1CC(F)(C(C)(F)F)C1. The molecule has 1 nitrogen and oxygen atoms in total. The molecule has 0 spiro atoms. The monoisotopic (exact) mass is 153 g/mol. The van der Waals surface area contributed by atoms with Crippen LogP contribution in [0.2, 0.25) is 0 Å². The maximum Gasteiger partial charge on any atom is 0.281 e. The van der Waals surface area contributed by atoms with E-state index in [-0.39, 0.29) is 13.1 Å². The van der Waals surface area contributed by atoms with Crippen molar-refractivity contribution in [3.8, 4) is 0 Å². The summed E-state index contributed by atoms with van der Waals surface area (Å²) >= 11 is 0. The van der Waals surface area contributed by atoms with E-state index in [2.05, 4.69) is 0 Å². The van der Waals surface area contributed by atoms with Gasteiger partial charge < -0.3 is 0 Å². The molecular formula is C6H10F3N. The minimum absolute atomic E-state index is 0.156. The second-order valence-corrected chi connectivity index (χ2v) is 3.03. The number of likely N-dealkylation sites (tertiary alicyclic amines) is 1.